The molecule has 2 nitrogen and oxygen atoms in total. The van der Waals surface area contributed by atoms with Crippen molar-refractivity contribution in [2.75, 3.05) is 32.7 Å². The minimum absolute atomic E-state index is 0.203. The van der Waals surface area contributed by atoms with Gasteiger partial charge in [0.15, 0.2) is 11.6 Å². The van der Waals surface area contributed by atoms with E-state index in [1.54, 1.807) is 0 Å². The van der Waals surface area contributed by atoms with Crippen molar-refractivity contribution in [1.82, 2.24) is 10.2 Å². The lowest BCUT2D eigenvalue weighted by Crippen LogP contribution is -2.44. The first-order chi connectivity index (χ1) is 9.08. The zero-order chi connectivity index (χ0) is 13.8. The summed E-state index contributed by atoms with van der Waals surface area (Å²) in [6.07, 6.45) is -0.878. The van der Waals surface area contributed by atoms with E-state index in [4.69, 9.17) is 0 Å². The SMILES string of the molecule is CC(F)c1cc(F)c(F)c(CCN2CCNCC2)c1. The van der Waals surface area contributed by atoms with Crippen LogP contribution in [-0.2, 0) is 6.42 Å². The van der Waals surface area contributed by atoms with Crippen LogP contribution in [0.15, 0.2) is 12.1 Å². The van der Waals surface area contributed by atoms with E-state index >= 15 is 0 Å². The van der Waals surface area contributed by atoms with Crippen LogP contribution in [0.2, 0.25) is 0 Å². The summed E-state index contributed by atoms with van der Waals surface area (Å²) >= 11 is 0. The quantitative estimate of drug-likeness (QED) is 0.905. The van der Waals surface area contributed by atoms with Crippen molar-refractivity contribution in [2.24, 2.45) is 0 Å². The molecule has 0 aromatic heterocycles. The van der Waals surface area contributed by atoms with Crippen molar-refractivity contribution in [3.8, 4) is 0 Å². The van der Waals surface area contributed by atoms with Crippen LogP contribution in [0, 0.1) is 11.6 Å². The molecule has 1 unspecified atom stereocenters. The lowest BCUT2D eigenvalue weighted by molar-refractivity contribution is 0.243. The summed E-state index contributed by atoms with van der Waals surface area (Å²) in [5.74, 6) is -1.81. The third-order valence-electron chi connectivity index (χ3n) is 3.49. The van der Waals surface area contributed by atoms with E-state index in [-0.39, 0.29) is 11.1 Å². The molecule has 0 aliphatic carbocycles. The third kappa shape index (κ3) is 3.70. The van der Waals surface area contributed by atoms with Gasteiger partial charge < -0.3 is 10.2 Å². The van der Waals surface area contributed by atoms with E-state index in [1.807, 2.05) is 0 Å². The Hall–Kier alpha value is -1.07. The number of alkyl halides is 1. The molecule has 1 aliphatic rings. The highest BCUT2D eigenvalue weighted by atomic mass is 19.2. The maximum absolute atomic E-state index is 13.7. The second-order valence-corrected chi connectivity index (χ2v) is 4.93. The van der Waals surface area contributed by atoms with Crippen molar-refractivity contribution in [1.29, 1.82) is 0 Å². The summed E-state index contributed by atoms with van der Waals surface area (Å²) < 4.78 is 40.3. The molecule has 0 bridgehead atoms. The predicted octanol–water partition coefficient (Wildman–Crippen LogP) is 2.44. The molecule has 0 saturated carbocycles. The Morgan fingerprint density at radius 1 is 1.26 bits per heavy atom. The molecular formula is C14H19F3N2. The van der Waals surface area contributed by atoms with Gasteiger partial charge in [-0.25, -0.2) is 13.2 Å². The topological polar surface area (TPSA) is 15.3 Å². The van der Waals surface area contributed by atoms with Crippen LogP contribution in [0.1, 0.15) is 24.2 Å². The minimum atomic E-state index is -1.28. The van der Waals surface area contributed by atoms with E-state index in [1.165, 1.54) is 13.0 Å². The Labute approximate surface area is 111 Å². The molecule has 1 aromatic rings. The molecule has 0 spiro atoms. The molecule has 106 valence electrons. The van der Waals surface area contributed by atoms with E-state index < -0.39 is 17.8 Å². The van der Waals surface area contributed by atoms with E-state index in [2.05, 4.69) is 10.2 Å². The van der Waals surface area contributed by atoms with Crippen molar-refractivity contribution in [3.63, 3.8) is 0 Å². The fourth-order valence-electron chi connectivity index (χ4n) is 2.29. The summed E-state index contributed by atoms with van der Waals surface area (Å²) in [5, 5.41) is 3.23. The van der Waals surface area contributed by atoms with E-state index in [0.29, 0.717) is 13.0 Å². The first-order valence-corrected chi connectivity index (χ1v) is 6.63. The molecule has 1 saturated heterocycles. The highest BCUT2D eigenvalue weighted by Crippen LogP contribution is 2.22. The number of nitrogens with one attached hydrogen (secondary N) is 1. The van der Waals surface area contributed by atoms with Crippen LogP contribution in [0.3, 0.4) is 0 Å². The maximum Gasteiger partial charge on any atom is 0.162 e. The molecule has 1 N–H and O–H groups in total. The Kier molecular flexibility index (Phi) is 4.82. The molecule has 1 fully saturated rings. The van der Waals surface area contributed by atoms with Gasteiger partial charge in [-0.2, -0.15) is 0 Å². The molecule has 1 heterocycles. The van der Waals surface area contributed by atoms with Gasteiger partial charge in [-0.3, -0.25) is 0 Å². The predicted molar refractivity (Wildman–Crippen MR) is 68.9 cm³/mol. The van der Waals surface area contributed by atoms with Gasteiger partial charge in [-0.15, -0.1) is 0 Å². The first-order valence-electron chi connectivity index (χ1n) is 6.63. The standard InChI is InChI=1S/C14H19F3N2/c1-10(15)12-8-11(14(17)13(16)9-12)2-5-19-6-3-18-4-7-19/h8-10,18H,2-7H2,1H3. The van der Waals surface area contributed by atoms with E-state index in [9.17, 15) is 13.2 Å². The van der Waals surface area contributed by atoms with Gasteiger partial charge in [0.2, 0.25) is 0 Å². The number of nitrogens with zero attached hydrogens (tertiary/aromatic N) is 1. The fraction of sp³-hybridized carbons (Fsp3) is 0.571. The normalized spacial score (nSPS) is 18.5. The van der Waals surface area contributed by atoms with Crippen LogP contribution in [0.25, 0.3) is 0 Å². The largest absolute Gasteiger partial charge is 0.314 e. The van der Waals surface area contributed by atoms with Crippen LogP contribution in [0.4, 0.5) is 13.2 Å². The van der Waals surface area contributed by atoms with E-state index in [0.717, 1.165) is 32.2 Å². The summed E-state index contributed by atoms with van der Waals surface area (Å²) in [4.78, 5) is 2.19. The molecule has 0 radical (unpaired) electrons. The number of benzene rings is 1. The first kappa shape index (κ1) is 14.3. The van der Waals surface area contributed by atoms with Gasteiger partial charge in [-0.05, 0) is 36.6 Å². The van der Waals surface area contributed by atoms with Gasteiger partial charge in [0.25, 0.3) is 0 Å². The molecule has 1 aliphatic heterocycles. The van der Waals surface area contributed by atoms with Crippen LogP contribution < -0.4 is 5.32 Å². The second kappa shape index (κ2) is 6.39. The summed E-state index contributed by atoms with van der Waals surface area (Å²) in [7, 11) is 0. The number of halogens is 3. The lowest BCUT2D eigenvalue weighted by Gasteiger charge is -2.27. The molecule has 0 amide bonds. The average Bonchev–Trinajstić information content (AvgIpc) is 2.41. The highest BCUT2D eigenvalue weighted by Gasteiger charge is 2.16. The number of piperazine rings is 1. The highest BCUT2D eigenvalue weighted by molar-refractivity contribution is 5.28. The Balaban J connectivity index is 2.05. The van der Waals surface area contributed by atoms with Crippen LogP contribution >= 0.6 is 0 Å². The Morgan fingerprint density at radius 3 is 2.58 bits per heavy atom. The number of hydrogen-bond acceptors (Lipinski definition) is 2. The van der Waals surface area contributed by atoms with Crippen molar-refractivity contribution in [2.45, 2.75) is 19.5 Å². The Morgan fingerprint density at radius 2 is 1.95 bits per heavy atom. The molecule has 2 rings (SSSR count). The summed E-state index contributed by atoms with van der Waals surface area (Å²) in [5.41, 5.74) is 0.465. The zero-order valence-electron chi connectivity index (χ0n) is 11.1. The smallest absolute Gasteiger partial charge is 0.162 e. The fourth-order valence-corrected chi connectivity index (χ4v) is 2.29. The third-order valence-corrected chi connectivity index (χ3v) is 3.49. The van der Waals surface area contributed by atoms with Crippen LogP contribution in [-0.4, -0.2) is 37.6 Å². The van der Waals surface area contributed by atoms with Crippen molar-refractivity contribution in [3.05, 3.63) is 34.9 Å². The minimum Gasteiger partial charge on any atom is -0.314 e. The molecule has 1 atom stereocenters. The molecule has 5 heteroatoms. The Bertz CT molecular complexity index is 429. The summed E-state index contributed by atoms with van der Waals surface area (Å²) in [6, 6.07) is 2.37. The maximum atomic E-state index is 13.7. The molecule has 1 aromatic carbocycles. The van der Waals surface area contributed by atoms with Gasteiger partial charge in [0.1, 0.15) is 6.17 Å². The van der Waals surface area contributed by atoms with Gasteiger partial charge in [-0.1, -0.05) is 0 Å². The summed E-state index contributed by atoms with van der Waals surface area (Å²) in [6.45, 7) is 5.64. The average molecular weight is 272 g/mol. The monoisotopic (exact) mass is 272 g/mol. The number of rotatable bonds is 4. The van der Waals surface area contributed by atoms with Gasteiger partial charge in [0, 0.05) is 32.7 Å². The van der Waals surface area contributed by atoms with Gasteiger partial charge in [0.05, 0.1) is 0 Å². The van der Waals surface area contributed by atoms with Crippen molar-refractivity contribution < 1.29 is 13.2 Å². The van der Waals surface area contributed by atoms with Crippen molar-refractivity contribution >= 4 is 0 Å². The zero-order valence-corrected chi connectivity index (χ0v) is 11.1. The molecular weight excluding hydrogens is 253 g/mol. The van der Waals surface area contributed by atoms with Crippen LogP contribution in [0.5, 0.6) is 0 Å². The lowest BCUT2D eigenvalue weighted by atomic mass is 10.0. The van der Waals surface area contributed by atoms with Gasteiger partial charge >= 0.3 is 0 Å². The second-order valence-electron chi connectivity index (χ2n) is 4.93. The number of hydrogen-bond donors (Lipinski definition) is 1. The molecule has 19 heavy (non-hydrogen) atoms.